The van der Waals surface area contributed by atoms with E-state index in [1.165, 1.54) is 15.8 Å². The van der Waals surface area contributed by atoms with Crippen molar-refractivity contribution < 1.29 is 4.79 Å². The number of hydrogen-bond donors (Lipinski definition) is 1. The lowest BCUT2D eigenvalue weighted by atomic mass is 9.89. The Labute approximate surface area is 166 Å². The third kappa shape index (κ3) is 3.49. The summed E-state index contributed by atoms with van der Waals surface area (Å²) in [4.78, 5) is 32.1. The average Bonchev–Trinajstić information content (AvgIpc) is 3.06. The molecule has 3 aromatic rings. The molecule has 1 amide bonds. The molecule has 28 heavy (non-hydrogen) atoms. The van der Waals surface area contributed by atoms with Gasteiger partial charge in [-0.1, -0.05) is 37.3 Å². The second kappa shape index (κ2) is 7.67. The fraction of sp³-hybridized carbons (Fsp3) is 0.333. The molecule has 2 atom stereocenters. The fourth-order valence-electron chi connectivity index (χ4n) is 3.55. The van der Waals surface area contributed by atoms with Gasteiger partial charge in [0, 0.05) is 4.88 Å². The molecule has 1 N–H and O–H groups in total. The summed E-state index contributed by atoms with van der Waals surface area (Å²) >= 11 is 1.61. The summed E-state index contributed by atoms with van der Waals surface area (Å²) in [6.07, 6.45) is 6.03. The van der Waals surface area contributed by atoms with Gasteiger partial charge in [-0.3, -0.25) is 14.2 Å². The van der Waals surface area contributed by atoms with E-state index in [0.717, 1.165) is 35.2 Å². The van der Waals surface area contributed by atoms with Crippen molar-refractivity contribution in [2.24, 2.45) is 11.0 Å². The number of carbonyl (C=O) groups is 1. The van der Waals surface area contributed by atoms with E-state index in [1.54, 1.807) is 24.5 Å². The van der Waals surface area contributed by atoms with E-state index in [0.29, 0.717) is 11.3 Å². The van der Waals surface area contributed by atoms with Crippen molar-refractivity contribution in [1.82, 2.24) is 15.0 Å². The third-order valence-electron chi connectivity index (χ3n) is 5.23. The lowest BCUT2D eigenvalue weighted by molar-refractivity contribution is -0.123. The first-order chi connectivity index (χ1) is 13.5. The Hall–Kier alpha value is -2.80. The van der Waals surface area contributed by atoms with Crippen molar-refractivity contribution in [1.29, 1.82) is 0 Å². The number of amides is 1. The number of fused-ring (bicyclic) bond motifs is 3. The van der Waals surface area contributed by atoms with Crippen molar-refractivity contribution in [3.63, 3.8) is 0 Å². The average molecular weight is 395 g/mol. The smallest absolute Gasteiger partial charge is 0.263 e. The number of nitrogens with zero attached hydrogens (tertiary/aromatic N) is 3. The zero-order valence-electron chi connectivity index (χ0n) is 15.9. The standard InChI is InChI=1S/C21H22N4O2S/c1-13-8-9-16-17(10-13)28-20-18(16)21(27)25(12-22-20)14(2)19(26)24-23-11-15-6-4-3-5-7-15/h3-7,11-14H,8-10H2,1-2H3,(H,24,26)/b23-11+. The number of hydrazone groups is 1. The number of carbonyl (C=O) groups excluding carboxylic acids is 1. The number of hydrogen-bond acceptors (Lipinski definition) is 5. The van der Waals surface area contributed by atoms with Gasteiger partial charge in [0.25, 0.3) is 11.5 Å². The maximum absolute atomic E-state index is 13.1. The van der Waals surface area contributed by atoms with E-state index < -0.39 is 6.04 Å². The number of aromatic nitrogens is 2. The Morgan fingerprint density at radius 1 is 1.39 bits per heavy atom. The van der Waals surface area contributed by atoms with Crippen molar-refractivity contribution >= 4 is 33.7 Å². The minimum atomic E-state index is -0.699. The van der Waals surface area contributed by atoms with E-state index in [4.69, 9.17) is 0 Å². The highest BCUT2D eigenvalue weighted by atomic mass is 32.1. The summed E-state index contributed by atoms with van der Waals surface area (Å²) in [5.41, 5.74) is 4.37. The second-order valence-corrected chi connectivity index (χ2v) is 8.39. The predicted octanol–water partition coefficient (Wildman–Crippen LogP) is 3.29. The first-order valence-corrected chi connectivity index (χ1v) is 10.3. The largest absolute Gasteiger partial charge is 0.286 e. The van der Waals surface area contributed by atoms with Crippen LogP contribution in [0.15, 0.2) is 46.6 Å². The topological polar surface area (TPSA) is 76.3 Å². The summed E-state index contributed by atoms with van der Waals surface area (Å²) in [6.45, 7) is 3.92. The maximum atomic E-state index is 13.1. The number of rotatable bonds is 4. The molecule has 4 rings (SSSR count). The molecule has 0 saturated carbocycles. The lowest BCUT2D eigenvalue weighted by Crippen LogP contribution is -2.34. The molecular weight excluding hydrogens is 372 g/mol. The molecule has 144 valence electrons. The van der Waals surface area contributed by atoms with Crippen LogP contribution in [0.4, 0.5) is 0 Å². The molecule has 1 aliphatic rings. The van der Waals surface area contributed by atoms with Gasteiger partial charge in [-0.25, -0.2) is 10.4 Å². The molecular formula is C21H22N4O2S. The van der Waals surface area contributed by atoms with Gasteiger partial charge in [0.1, 0.15) is 10.9 Å². The van der Waals surface area contributed by atoms with Crippen molar-refractivity contribution in [3.05, 3.63) is 63.0 Å². The van der Waals surface area contributed by atoms with Crippen LogP contribution in [-0.4, -0.2) is 21.7 Å². The molecule has 7 heteroatoms. The SMILES string of the molecule is CC1CCc2c(sc3ncn(C(C)C(=O)N/N=C/c4ccccc4)c(=O)c23)C1. The number of benzene rings is 1. The van der Waals surface area contributed by atoms with Crippen LogP contribution < -0.4 is 11.0 Å². The molecule has 2 aromatic heterocycles. The van der Waals surface area contributed by atoms with Crippen LogP contribution in [0.2, 0.25) is 0 Å². The maximum Gasteiger partial charge on any atom is 0.263 e. The van der Waals surface area contributed by atoms with E-state index in [2.05, 4.69) is 22.4 Å². The Balaban J connectivity index is 1.58. The van der Waals surface area contributed by atoms with Gasteiger partial charge in [0.15, 0.2) is 0 Å². The predicted molar refractivity (Wildman–Crippen MR) is 112 cm³/mol. The first-order valence-electron chi connectivity index (χ1n) is 9.44. The Morgan fingerprint density at radius 3 is 2.96 bits per heavy atom. The van der Waals surface area contributed by atoms with E-state index in [9.17, 15) is 9.59 Å². The monoisotopic (exact) mass is 394 g/mol. The molecule has 0 saturated heterocycles. The summed E-state index contributed by atoms with van der Waals surface area (Å²) in [5, 5.41) is 4.67. The van der Waals surface area contributed by atoms with Gasteiger partial charge < -0.3 is 0 Å². The Bertz CT molecular complexity index is 1100. The van der Waals surface area contributed by atoms with Crippen molar-refractivity contribution in [3.8, 4) is 0 Å². The van der Waals surface area contributed by atoms with Crippen LogP contribution in [0.1, 0.15) is 42.3 Å². The number of thiophene rings is 1. The summed E-state index contributed by atoms with van der Waals surface area (Å²) in [6, 6.07) is 8.79. The Morgan fingerprint density at radius 2 is 2.18 bits per heavy atom. The van der Waals surface area contributed by atoms with Crippen LogP contribution in [0.25, 0.3) is 10.2 Å². The van der Waals surface area contributed by atoms with Crippen LogP contribution in [-0.2, 0) is 17.6 Å². The lowest BCUT2D eigenvalue weighted by Gasteiger charge is -2.18. The second-order valence-electron chi connectivity index (χ2n) is 7.31. The highest BCUT2D eigenvalue weighted by Gasteiger charge is 2.25. The molecule has 0 radical (unpaired) electrons. The molecule has 2 unspecified atom stereocenters. The van der Waals surface area contributed by atoms with Gasteiger partial charge in [0.05, 0.1) is 17.9 Å². The van der Waals surface area contributed by atoms with Crippen LogP contribution in [0.5, 0.6) is 0 Å². The van der Waals surface area contributed by atoms with Crippen molar-refractivity contribution in [2.45, 2.75) is 39.2 Å². The summed E-state index contributed by atoms with van der Waals surface area (Å²) in [7, 11) is 0. The third-order valence-corrected chi connectivity index (χ3v) is 6.39. The molecule has 0 spiro atoms. The van der Waals surface area contributed by atoms with Gasteiger partial charge >= 0.3 is 0 Å². The quantitative estimate of drug-likeness (QED) is 0.545. The number of nitrogens with one attached hydrogen (secondary N) is 1. The van der Waals surface area contributed by atoms with Gasteiger partial charge in [-0.15, -0.1) is 11.3 Å². The molecule has 6 nitrogen and oxygen atoms in total. The molecule has 1 aliphatic carbocycles. The molecule has 0 aliphatic heterocycles. The fourth-order valence-corrected chi connectivity index (χ4v) is 4.89. The summed E-state index contributed by atoms with van der Waals surface area (Å²) < 4.78 is 1.40. The van der Waals surface area contributed by atoms with Crippen LogP contribution >= 0.6 is 11.3 Å². The molecule has 2 heterocycles. The van der Waals surface area contributed by atoms with Crippen LogP contribution in [0, 0.1) is 5.92 Å². The van der Waals surface area contributed by atoms with E-state index in [1.807, 2.05) is 30.3 Å². The minimum absolute atomic E-state index is 0.147. The number of aryl methyl sites for hydroxylation is 1. The van der Waals surface area contributed by atoms with E-state index in [-0.39, 0.29) is 11.5 Å². The van der Waals surface area contributed by atoms with Gasteiger partial charge in [-0.2, -0.15) is 5.10 Å². The highest BCUT2D eigenvalue weighted by molar-refractivity contribution is 7.18. The van der Waals surface area contributed by atoms with Crippen molar-refractivity contribution in [2.75, 3.05) is 0 Å². The highest BCUT2D eigenvalue weighted by Crippen LogP contribution is 2.35. The minimum Gasteiger partial charge on any atom is -0.286 e. The Kier molecular flexibility index (Phi) is 5.09. The molecule has 0 bridgehead atoms. The normalized spacial score (nSPS) is 17.6. The van der Waals surface area contributed by atoms with Gasteiger partial charge in [0.2, 0.25) is 0 Å². The zero-order valence-corrected chi connectivity index (χ0v) is 16.7. The van der Waals surface area contributed by atoms with Gasteiger partial charge in [-0.05, 0) is 43.2 Å². The van der Waals surface area contributed by atoms with Crippen LogP contribution in [0.3, 0.4) is 0 Å². The zero-order chi connectivity index (χ0) is 19.7. The molecule has 1 aromatic carbocycles. The molecule has 0 fully saturated rings. The van der Waals surface area contributed by atoms with E-state index >= 15 is 0 Å². The first kappa shape index (κ1) is 18.6. The summed E-state index contributed by atoms with van der Waals surface area (Å²) in [5.74, 6) is 0.281.